The third kappa shape index (κ3) is 8.37. The van der Waals surface area contributed by atoms with Gasteiger partial charge in [-0.15, -0.1) is 0 Å². The first-order chi connectivity index (χ1) is 8.08. The van der Waals surface area contributed by atoms with Crippen molar-refractivity contribution in [1.29, 1.82) is 0 Å². The number of hydrogen-bond acceptors (Lipinski definition) is 4. The summed E-state index contributed by atoms with van der Waals surface area (Å²) in [4.78, 5) is 11.0. The molecule has 0 saturated carbocycles. The molecule has 0 spiro atoms. The van der Waals surface area contributed by atoms with E-state index in [0.717, 1.165) is 0 Å². The average Bonchev–Trinajstić information content (AvgIpc) is 2.26. The number of esters is 1. The zero-order valence-corrected chi connectivity index (χ0v) is 12.5. The van der Waals surface area contributed by atoms with Crippen LogP contribution in [0.25, 0.3) is 0 Å². The molecule has 0 aromatic heterocycles. The summed E-state index contributed by atoms with van der Waals surface area (Å²) in [6.07, 6.45) is 3.68. The van der Waals surface area contributed by atoms with Gasteiger partial charge in [-0.25, -0.2) is 4.79 Å². The number of allylic oxidation sites excluding steroid dienone is 1. The summed E-state index contributed by atoms with van der Waals surface area (Å²) in [5.74, 6) is -0.331. The van der Waals surface area contributed by atoms with E-state index in [4.69, 9.17) is 24.7 Å². The number of hydrogen-bond donors (Lipinski definition) is 0. The normalized spacial score (nSPS) is 12.0. The van der Waals surface area contributed by atoms with Gasteiger partial charge in [-0.1, -0.05) is 17.2 Å². The van der Waals surface area contributed by atoms with Crippen molar-refractivity contribution in [3.05, 3.63) is 12.2 Å². The van der Waals surface area contributed by atoms with Gasteiger partial charge in [-0.05, 0) is 27.2 Å². The van der Waals surface area contributed by atoms with Crippen LogP contribution in [0.1, 0.15) is 27.2 Å². The van der Waals surface area contributed by atoms with Crippen molar-refractivity contribution in [3.8, 4) is 0 Å². The fraction of sp³-hybridized carbons (Fsp3) is 0.727. The first-order valence-corrected chi connectivity index (χ1v) is 8.87. The number of carbonyl (C=O) groups excluding carboxylic acids is 1. The second kappa shape index (κ2) is 9.64. The van der Waals surface area contributed by atoms with Crippen LogP contribution in [0.15, 0.2) is 12.2 Å². The number of carbonyl (C=O) groups is 1. The lowest BCUT2D eigenvalue weighted by Crippen LogP contribution is -2.36. The molecule has 0 aromatic rings. The van der Waals surface area contributed by atoms with Gasteiger partial charge in [-0.3, -0.25) is 0 Å². The molecular weight excluding hydrogens is 260 g/mol. The van der Waals surface area contributed by atoms with E-state index in [-0.39, 0.29) is 5.97 Å². The van der Waals surface area contributed by atoms with Gasteiger partial charge in [0.25, 0.3) is 0 Å². The van der Waals surface area contributed by atoms with E-state index < -0.39 is 7.87 Å². The number of ether oxygens (including phenoxy) is 1. The highest BCUT2D eigenvalue weighted by atomic mass is 35.6. The van der Waals surface area contributed by atoms with Crippen LogP contribution in [0.3, 0.4) is 0 Å². The molecule has 0 aliphatic heterocycles. The van der Waals surface area contributed by atoms with Crippen molar-refractivity contribution in [3.63, 3.8) is 0 Å². The van der Waals surface area contributed by atoms with Crippen molar-refractivity contribution >= 4 is 24.9 Å². The zero-order valence-electron chi connectivity index (χ0n) is 10.7. The van der Waals surface area contributed by atoms with Gasteiger partial charge in [0.2, 0.25) is 0 Å². The first kappa shape index (κ1) is 16.6. The molecule has 17 heavy (non-hydrogen) atoms. The second-order valence-electron chi connectivity index (χ2n) is 3.30. The molecule has 0 atom stereocenters. The van der Waals surface area contributed by atoms with Crippen molar-refractivity contribution < 1.29 is 18.4 Å². The predicted molar refractivity (Wildman–Crippen MR) is 70.1 cm³/mol. The van der Waals surface area contributed by atoms with Crippen LogP contribution in [0.4, 0.5) is 0 Å². The maximum Gasteiger partial charge on any atom is 0.443 e. The van der Waals surface area contributed by atoms with Crippen LogP contribution in [0.2, 0.25) is 6.04 Å². The SMILES string of the molecule is CC=CC(=O)OCCC[Si](Cl)(OCC)OCC. The Balaban J connectivity index is 3.86. The minimum atomic E-state index is -2.58. The second-order valence-corrected chi connectivity index (χ2v) is 7.42. The first-order valence-electron chi connectivity index (χ1n) is 5.84. The maximum absolute atomic E-state index is 11.0. The Kier molecular flexibility index (Phi) is 9.44. The summed E-state index contributed by atoms with van der Waals surface area (Å²) >= 11 is 6.26. The van der Waals surface area contributed by atoms with Gasteiger partial charge in [0.05, 0.1) is 6.61 Å². The molecule has 4 nitrogen and oxygen atoms in total. The summed E-state index contributed by atoms with van der Waals surface area (Å²) < 4.78 is 15.9. The van der Waals surface area contributed by atoms with Crippen LogP contribution >= 0.6 is 11.1 Å². The molecule has 0 aliphatic carbocycles. The molecule has 0 saturated heterocycles. The highest BCUT2D eigenvalue weighted by Gasteiger charge is 2.34. The number of rotatable bonds is 9. The molecule has 0 N–H and O–H groups in total. The van der Waals surface area contributed by atoms with Crippen molar-refractivity contribution in [2.45, 2.75) is 33.2 Å². The van der Waals surface area contributed by atoms with Gasteiger partial charge in [0.15, 0.2) is 0 Å². The fourth-order valence-corrected chi connectivity index (χ4v) is 4.11. The monoisotopic (exact) mass is 280 g/mol. The lowest BCUT2D eigenvalue weighted by atomic mass is 10.5. The molecule has 0 fully saturated rings. The molecule has 0 heterocycles. The van der Waals surface area contributed by atoms with Crippen molar-refractivity contribution in [2.24, 2.45) is 0 Å². The lowest BCUT2D eigenvalue weighted by molar-refractivity contribution is -0.137. The van der Waals surface area contributed by atoms with E-state index in [1.165, 1.54) is 6.08 Å². The fourth-order valence-electron chi connectivity index (χ4n) is 1.26. The standard InChI is InChI=1S/C11H21ClO4Si/c1-4-8-11(13)14-9-7-10-17(12,15-5-2)16-6-3/h4,8H,5-7,9-10H2,1-3H3. The molecule has 100 valence electrons. The lowest BCUT2D eigenvalue weighted by Gasteiger charge is -2.22. The van der Waals surface area contributed by atoms with E-state index in [1.807, 2.05) is 13.8 Å². The van der Waals surface area contributed by atoms with E-state index in [2.05, 4.69) is 0 Å². The highest BCUT2D eigenvalue weighted by Crippen LogP contribution is 2.20. The third-order valence-electron chi connectivity index (χ3n) is 1.89. The van der Waals surface area contributed by atoms with Crippen LogP contribution in [0.5, 0.6) is 0 Å². The molecule has 0 aromatic carbocycles. The molecule has 0 radical (unpaired) electrons. The summed E-state index contributed by atoms with van der Waals surface area (Å²) in [5, 5.41) is 0. The molecule has 0 bridgehead atoms. The summed E-state index contributed by atoms with van der Waals surface area (Å²) in [5.41, 5.74) is 0. The molecule has 0 aliphatic rings. The van der Waals surface area contributed by atoms with Gasteiger partial charge in [0.1, 0.15) is 0 Å². The van der Waals surface area contributed by atoms with E-state index in [0.29, 0.717) is 32.3 Å². The quantitative estimate of drug-likeness (QED) is 0.214. The van der Waals surface area contributed by atoms with Crippen LogP contribution < -0.4 is 0 Å². The van der Waals surface area contributed by atoms with Crippen LogP contribution in [0, 0.1) is 0 Å². The summed E-state index contributed by atoms with van der Waals surface area (Å²) in [6, 6.07) is 0.610. The maximum atomic E-state index is 11.0. The Hall–Kier alpha value is -0.363. The Morgan fingerprint density at radius 3 is 2.35 bits per heavy atom. The Morgan fingerprint density at radius 2 is 1.88 bits per heavy atom. The van der Waals surface area contributed by atoms with Crippen LogP contribution in [-0.4, -0.2) is 33.7 Å². The van der Waals surface area contributed by atoms with Crippen LogP contribution in [-0.2, 0) is 18.4 Å². The van der Waals surface area contributed by atoms with Gasteiger partial charge in [0, 0.05) is 25.3 Å². The van der Waals surface area contributed by atoms with E-state index >= 15 is 0 Å². The minimum Gasteiger partial charge on any atom is -0.463 e. The summed E-state index contributed by atoms with van der Waals surface area (Å²) in [7, 11) is -2.58. The van der Waals surface area contributed by atoms with Gasteiger partial charge >= 0.3 is 13.8 Å². The van der Waals surface area contributed by atoms with Crippen molar-refractivity contribution in [2.75, 3.05) is 19.8 Å². The molecule has 0 unspecified atom stereocenters. The Bertz CT molecular complexity index is 240. The average molecular weight is 281 g/mol. The number of halogens is 1. The molecule has 0 amide bonds. The summed E-state index contributed by atoms with van der Waals surface area (Å²) in [6.45, 7) is 6.94. The van der Waals surface area contributed by atoms with Gasteiger partial charge in [-0.2, -0.15) is 0 Å². The van der Waals surface area contributed by atoms with Crippen molar-refractivity contribution in [1.82, 2.24) is 0 Å². The minimum absolute atomic E-state index is 0.331. The molecule has 6 heteroatoms. The van der Waals surface area contributed by atoms with E-state index in [9.17, 15) is 4.79 Å². The smallest absolute Gasteiger partial charge is 0.443 e. The zero-order chi connectivity index (χ0) is 13.1. The topological polar surface area (TPSA) is 44.8 Å². The molecular formula is C11H21ClO4Si. The predicted octanol–water partition coefficient (Wildman–Crippen LogP) is 2.75. The third-order valence-corrected chi connectivity index (χ3v) is 5.50. The van der Waals surface area contributed by atoms with Gasteiger partial charge < -0.3 is 13.6 Å². The molecule has 0 rings (SSSR count). The van der Waals surface area contributed by atoms with E-state index in [1.54, 1.807) is 13.0 Å². The highest BCUT2D eigenvalue weighted by molar-refractivity contribution is 7.12. The Labute approximate surface area is 109 Å². The Morgan fingerprint density at radius 1 is 1.29 bits per heavy atom. The largest absolute Gasteiger partial charge is 0.463 e.